The van der Waals surface area contributed by atoms with Gasteiger partial charge in [0.25, 0.3) is 0 Å². The lowest BCUT2D eigenvalue weighted by Gasteiger charge is -2.36. The molecule has 1 saturated heterocycles. The summed E-state index contributed by atoms with van der Waals surface area (Å²) in [6.07, 6.45) is 0. The fraction of sp³-hybridized carbons (Fsp3) is 0.360. The number of aromatic nitrogens is 2. The Labute approximate surface area is 194 Å². The highest BCUT2D eigenvalue weighted by Crippen LogP contribution is 2.22. The molecule has 0 atom stereocenters. The number of halogens is 1. The molecule has 1 fully saturated rings. The molecule has 0 unspecified atom stereocenters. The largest absolute Gasteiger partial charge is 0.346 e. The molecule has 1 N–H and O–H groups in total. The lowest BCUT2D eigenvalue weighted by Crippen LogP contribution is -2.49. The standard InChI is InChI=1S/C25H30FN5S/c1-18-8-4-5-9-21(18)17-31-20(3)24(19(2)28-31)27-25(32)30-14-12-29(13-15-30)16-22-10-6-7-11-23(22)26/h4-11H,12-17H2,1-3H3,(H,27,32). The van der Waals surface area contributed by atoms with Crippen LogP contribution in [-0.4, -0.2) is 50.9 Å². The number of piperazine rings is 1. The molecule has 4 rings (SSSR count). The maximum atomic E-state index is 14.0. The number of benzene rings is 2. The molecule has 1 aliphatic heterocycles. The van der Waals surface area contributed by atoms with Crippen molar-refractivity contribution in [3.05, 3.63) is 82.4 Å². The van der Waals surface area contributed by atoms with Gasteiger partial charge in [-0.25, -0.2) is 4.39 Å². The summed E-state index contributed by atoms with van der Waals surface area (Å²) in [6, 6.07) is 15.4. The molecular weight excluding hydrogens is 421 g/mol. The fourth-order valence-electron chi connectivity index (χ4n) is 4.14. The molecule has 0 aliphatic carbocycles. The number of thiocarbonyl (C=S) groups is 1. The fourth-order valence-corrected chi connectivity index (χ4v) is 4.43. The van der Waals surface area contributed by atoms with Gasteiger partial charge in [0, 0.05) is 38.3 Å². The number of rotatable bonds is 5. The second kappa shape index (κ2) is 9.79. The highest BCUT2D eigenvalue weighted by molar-refractivity contribution is 7.80. The van der Waals surface area contributed by atoms with Gasteiger partial charge >= 0.3 is 0 Å². The van der Waals surface area contributed by atoms with Crippen LogP contribution in [0.4, 0.5) is 10.1 Å². The normalized spacial score (nSPS) is 14.6. The number of aryl methyl sites for hydroxylation is 2. The van der Waals surface area contributed by atoms with E-state index < -0.39 is 0 Å². The highest BCUT2D eigenvalue weighted by atomic mass is 32.1. The minimum Gasteiger partial charge on any atom is -0.346 e. The van der Waals surface area contributed by atoms with Crippen LogP contribution in [0.25, 0.3) is 0 Å². The van der Waals surface area contributed by atoms with Crippen LogP contribution in [-0.2, 0) is 13.1 Å². The van der Waals surface area contributed by atoms with Crippen molar-refractivity contribution in [2.75, 3.05) is 31.5 Å². The van der Waals surface area contributed by atoms with E-state index in [0.29, 0.717) is 6.54 Å². The lowest BCUT2D eigenvalue weighted by molar-refractivity contribution is 0.175. The summed E-state index contributed by atoms with van der Waals surface area (Å²) in [5.74, 6) is -0.138. The minimum atomic E-state index is -0.138. The lowest BCUT2D eigenvalue weighted by atomic mass is 10.1. The predicted molar refractivity (Wildman–Crippen MR) is 131 cm³/mol. The third kappa shape index (κ3) is 5.00. The molecule has 0 amide bonds. The molecule has 1 aliphatic rings. The Morgan fingerprint density at radius 1 is 0.938 bits per heavy atom. The van der Waals surface area contributed by atoms with Crippen LogP contribution >= 0.6 is 12.2 Å². The van der Waals surface area contributed by atoms with Gasteiger partial charge in [0.15, 0.2) is 5.11 Å². The summed E-state index contributed by atoms with van der Waals surface area (Å²) in [5.41, 5.74) is 6.27. The molecule has 3 aromatic rings. The predicted octanol–water partition coefficient (Wildman–Crippen LogP) is 4.51. The Balaban J connectivity index is 1.36. The Hall–Kier alpha value is -2.77. The molecule has 32 heavy (non-hydrogen) atoms. The van der Waals surface area contributed by atoms with Crippen molar-refractivity contribution in [2.24, 2.45) is 0 Å². The van der Waals surface area contributed by atoms with E-state index in [4.69, 9.17) is 17.3 Å². The zero-order chi connectivity index (χ0) is 22.7. The third-order valence-corrected chi connectivity index (χ3v) is 6.57. The maximum Gasteiger partial charge on any atom is 0.173 e. The van der Waals surface area contributed by atoms with E-state index in [1.807, 2.05) is 23.7 Å². The Kier molecular flexibility index (Phi) is 6.86. The summed E-state index contributed by atoms with van der Waals surface area (Å²) in [6.45, 7) is 10.9. The van der Waals surface area contributed by atoms with E-state index in [9.17, 15) is 4.39 Å². The number of hydrogen-bond acceptors (Lipinski definition) is 3. The highest BCUT2D eigenvalue weighted by Gasteiger charge is 2.21. The smallest absolute Gasteiger partial charge is 0.173 e. The molecule has 0 spiro atoms. The van der Waals surface area contributed by atoms with Crippen LogP contribution in [0.1, 0.15) is 28.1 Å². The van der Waals surface area contributed by atoms with Crippen molar-refractivity contribution < 1.29 is 4.39 Å². The van der Waals surface area contributed by atoms with Crippen molar-refractivity contribution in [1.82, 2.24) is 19.6 Å². The first-order chi connectivity index (χ1) is 15.4. The number of anilines is 1. The van der Waals surface area contributed by atoms with Crippen molar-refractivity contribution in [3.8, 4) is 0 Å². The number of hydrogen-bond donors (Lipinski definition) is 1. The quantitative estimate of drug-likeness (QED) is 0.578. The summed E-state index contributed by atoms with van der Waals surface area (Å²) < 4.78 is 16.0. The Morgan fingerprint density at radius 2 is 1.59 bits per heavy atom. The van der Waals surface area contributed by atoms with E-state index in [-0.39, 0.29) is 5.82 Å². The van der Waals surface area contributed by atoms with E-state index in [1.54, 1.807) is 6.07 Å². The van der Waals surface area contributed by atoms with E-state index in [2.05, 4.69) is 53.2 Å². The van der Waals surface area contributed by atoms with Crippen LogP contribution in [0.5, 0.6) is 0 Å². The van der Waals surface area contributed by atoms with Crippen LogP contribution in [0.2, 0.25) is 0 Å². The van der Waals surface area contributed by atoms with Gasteiger partial charge in [-0.05, 0) is 50.2 Å². The van der Waals surface area contributed by atoms with Crippen molar-refractivity contribution in [1.29, 1.82) is 0 Å². The molecule has 2 heterocycles. The zero-order valence-electron chi connectivity index (χ0n) is 18.9. The van der Waals surface area contributed by atoms with E-state index in [1.165, 1.54) is 17.2 Å². The van der Waals surface area contributed by atoms with Crippen LogP contribution in [0, 0.1) is 26.6 Å². The molecule has 168 valence electrons. The molecule has 0 saturated carbocycles. The summed E-state index contributed by atoms with van der Waals surface area (Å²) in [4.78, 5) is 4.46. The van der Waals surface area contributed by atoms with Gasteiger partial charge < -0.3 is 10.2 Å². The zero-order valence-corrected chi connectivity index (χ0v) is 19.8. The maximum absolute atomic E-state index is 14.0. The third-order valence-electron chi connectivity index (χ3n) is 6.21. The van der Waals surface area contributed by atoms with Crippen molar-refractivity contribution >= 4 is 23.0 Å². The average molecular weight is 452 g/mol. The first-order valence-corrected chi connectivity index (χ1v) is 11.4. The van der Waals surface area contributed by atoms with Gasteiger partial charge in [-0.2, -0.15) is 5.10 Å². The number of nitrogens with one attached hydrogen (secondary N) is 1. The average Bonchev–Trinajstić information content (AvgIpc) is 3.05. The molecule has 2 aromatic carbocycles. The molecule has 0 bridgehead atoms. The van der Waals surface area contributed by atoms with E-state index >= 15 is 0 Å². The van der Waals surface area contributed by atoms with Gasteiger partial charge in [0.1, 0.15) is 5.82 Å². The van der Waals surface area contributed by atoms with Gasteiger partial charge in [-0.3, -0.25) is 9.58 Å². The van der Waals surface area contributed by atoms with Gasteiger partial charge in [0.2, 0.25) is 0 Å². The van der Waals surface area contributed by atoms with Crippen LogP contribution < -0.4 is 5.32 Å². The van der Waals surface area contributed by atoms with Crippen molar-refractivity contribution in [3.63, 3.8) is 0 Å². The monoisotopic (exact) mass is 451 g/mol. The van der Waals surface area contributed by atoms with Crippen molar-refractivity contribution in [2.45, 2.75) is 33.9 Å². The SMILES string of the molecule is Cc1ccccc1Cn1nc(C)c(NC(=S)N2CCN(Cc3ccccc3F)CC2)c1C. The molecule has 5 nitrogen and oxygen atoms in total. The van der Waals surface area contributed by atoms with Gasteiger partial charge in [0.05, 0.1) is 23.6 Å². The Bertz CT molecular complexity index is 1100. The van der Waals surface area contributed by atoms with Crippen LogP contribution in [0.15, 0.2) is 48.5 Å². The first-order valence-electron chi connectivity index (χ1n) is 11.0. The molecule has 1 aromatic heterocycles. The second-order valence-corrected chi connectivity index (χ2v) is 8.80. The second-order valence-electron chi connectivity index (χ2n) is 8.41. The Morgan fingerprint density at radius 3 is 2.28 bits per heavy atom. The summed E-state index contributed by atoms with van der Waals surface area (Å²) >= 11 is 5.72. The van der Waals surface area contributed by atoms with E-state index in [0.717, 1.165) is 60.5 Å². The summed E-state index contributed by atoms with van der Waals surface area (Å²) in [7, 11) is 0. The first kappa shape index (κ1) is 22.4. The van der Waals surface area contributed by atoms with Crippen LogP contribution in [0.3, 0.4) is 0 Å². The molecule has 7 heteroatoms. The summed E-state index contributed by atoms with van der Waals surface area (Å²) in [5, 5.41) is 8.90. The number of nitrogens with zero attached hydrogens (tertiary/aromatic N) is 4. The molecular formula is C25H30FN5S. The van der Waals surface area contributed by atoms with Gasteiger partial charge in [-0.1, -0.05) is 42.5 Å². The van der Waals surface area contributed by atoms with Gasteiger partial charge in [-0.15, -0.1) is 0 Å². The minimum absolute atomic E-state index is 0.138. The topological polar surface area (TPSA) is 36.3 Å². The molecule has 0 radical (unpaired) electrons.